The Balaban J connectivity index is 1.67. The lowest BCUT2D eigenvalue weighted by Gasteiger charge is -2.11. The Morgan fingerprint density at radius 2 is 2.04 bits per heavy atom. The molecule has 4 rings (SSSR count). The predicted molar refractivity (Wildman–Crippen MR) is 97.9 cm³/mol. The van der Waals surface area contributed by atoms with Crippen LogP contribution < -0.4 is 10.1 Å². The van der Waals surface area contributed by atoms with Gasteiger partial charge in [0, 0.05) is 23.3 Å². The minimum atomic E-state index is -1.02. The third-order valence-corrected chi connectivity index (χ3v) is 4.63. The van der Waals surface area contributed by atoms with Gasteiger partial charge in [-0.15, -0.1) is 0 Å². The monoisotopic (exact) mass is 351 g/mol. The molecule has 2 atom stereocenters. The fraction of sp³-hybridized carbons (Fsp3) is 0.250. The van der Waals surface area contributed by atoms with Crippen LogP contribution in [0, 0.1) is 12.8 Å². The second kappa shape index (κ2) is 6.37. The molecule has 2 unspecified atom stereocenters. The average Bonchev–Trinajstić information content (AvgIpc) is 3.38. The summed E-state index contributed by atoms with van der Waals surface area (Å²) in [6.45, 7) is 2.01. The summed E-state index contributed by atoms with van der Waals surface area (Å²) < 4.78 is 18.4. The molecule has 26 heavy (non-hydrogen) atoms. The molecule has 1 fully saturated rings. The zero-order chi connectivity index (χ0) is 18.3. The number of benzene rings is 1. The topological polar surface area (TPSA) is 64.1 Å². The lowest BCUT2D eigenvalue weighted by molar-refractivity contribution is -0.117. The molecule has 5 nitrogen and oxygen atoms in total. The molecular weight excluding hydrogens is 333 g/mol. The van der Waals surface area contributed by atoms with Crippen molar-refractivity contribution in [3.8, 4) is 17.0 Å². The highest BCUT2D eigenvalue weighted by molar-refractivity contribution is 5.96. The summed E-state index contributed by atoms with van der Waals surface area (Å²) in [5.74, 6) is 0.170. The number of nitrogens with one attached hydrogen (secondary N) is 1. The number of pyridine rings is 2. The highest BCUT2D eigenvalue weighted by Crippen LogP contribution is 2.35. The number of aromatic nitrogens is 2. The van der Waals surface area contributed by atoms with Crippen molar-refractivity contribution in [1.29, 1.82) is 0 Å². The van der Waals surface area contributed by atoms with Crippen LogP contribution in [0.2, 0.25) is 0 Å². The van der Waals surface area contributed by atoms with Crippen molar-refractivity contribution < 1.29 is 13.9 Å². The summed E-state index contributed by atoms with van der Waals surface area (Å²) in [6.07, 6.45) is 2.70. The largest absolute Gasteiger partial charge is 0.481 e. The van der Waals surface area contributed by atoms with E-state index in [9.17, 15) is 9.18 Å². The van der Waals surface area contributed by atoms with Gasteiger partial charge < -0.3 is 10.1 Å². The maximum Gasteiger partial charge on any atom is 0.231 e. The number of hydrogen-bond acceptors (Lipinski definition) is 4. The Labute approximate surface area is 150 Å². The number of fused-ring (bicyclic) bond motifs is 1. The molecule has 0 saturated heterocycles. The Morgan fingerprint density at radius 1 is 1.23 bits per heavy atom. The molecule has 2 heterocycles. The SMILES string of the molecule is COc1nccc(C)c1-c1ccc2cc(NC(=O)C3CC3F)ncc2c1. The predicted octanol–water partition coefficient (Wildman–Crippen LogP) is 3.91. The molecule has 0 bridgehead atoms. The first-order valence-corrected chi connectivity index (χ1v) is 8.41. The number of anilines is 1. The summed E-state index contributed by atoms with van der Waals surface area (Å²) in [4.78, 5) is 20.4. The van der Waals surface area contributed by atoms with Gasteiger partial charge in [0.05, 0.1) is 13.0 Å². The second-order valence-corrected chi connectivity index (χ2v) is 6.49. The van der Waals surface area contributed by atoms with Crippen molar-refractivity contribution in [3.63, 3.8) is 0 Å². The zero-order valence-corrected chi connectivity index (χ0v) is 14.5. The van der Waals surface area contributed by atoms with E-state index in [1.165, 1.54) is 0 Å². The molecule has 0 aliphatic heterocycles. The molecule has 1 aromatic carbocycles. The fourth-order valence-electron chi connectivity index (χ4n) is 3.06. The van der Waals surface area contributed by atoms with Gasteiger partial charge in [0.2, 0.25) is 11.8 Å². The Morgan fingerprint density at radius 3 is 2.77 bits per heavy atom. The quantitative estimate of drug-likeness (QED) is 0.774. The first kappa shape index (κ1) is 16.4. The van der Waals surface area contributed by atoms with Crippen molar-refractivity contribution in [3.05, 3.63) is 48.3 Å². The summed E-state index contributed by atoms with van der Waals surface area (Å²) in [5.41, 5.74) is 2.99. The molecule has 132 valence electrons. The molecule has 6 heteroatoms. The number of alkyl halides is 1. The zero-order valence-electron chi connectivity index (χ0n) is 14.5. The Kier molecular flexibility index (Phi) is 4.03. The van der Waals surface area contributed by atoms with Crippen LogP contribution in [-0.4, -0.2) is 29.2 Å². The number of methoxy groups -OCH3 is 1. The van der Waals surface area contributed by atoms with Gasteiger partial charge in [0.1, 0.15) is 12.0 Å². The normalized spacial score (nSPS) is 18.6. The van der Waals surface area contributed by atoms with E-state index in [0.717, 1.165) is 27.5 Å². The van der Waals surface area contributed by atoms with Crippen molar-refractivity contribution in [2.45, 2.75) is 19.5 Å². The van der Waals surface area contributed by atoms with Crippen LogP contribution in [0.4, 0.5) is 10.2 Å². The number of ether oxygens (including phenoxy) is 1. The van der Waals surface area contributed by atoms with E-state index < -0.39 is 12.1 Å². The summed E-state index contributed by atoms with van der Waals surface area (Å²) in [6, 6.07) is 9.69. The third kappa shape index (κ3) is 2.98. The highest BCUT2D eigenvalue weighted by Gasteiger charge is 2.43. The molecular formula is C20H18FN3O2. The van der Waals surface area contributed by atoms with E-state index in [1.54, 1.807) is 25.6 Å². The van der Waals surface area contributed by atoms with Crippen LogP contribution in [0.15, 0.2) is 42.7 Å². The number of nitrogens with zero attached hydrogens (tertiary/aromatic N) is 2. The van der Waals surface area contributed by atoms with Crippen LogP contribution in [-0.2, 0) is 4.79 Å². The standard InChI is InChI=1S/C20H18FN3O2/c1-11-5-6-22-20(26-2)18(11)13-4-3-12-8-17(23-10-14(12)7-13)24-19(25)15-9-16(15)21/h3-8,10,15-16H,9H2,1-2H3,(H,23,24,25). The average molecular weight is 351 g/mol. The highest BCUT2D eigenvalue weighted by atomic mass is 19.1. The summed E-state index contributed by atoms with van der Waals surface area (Å²) in [7, 11) is 1.60. The third-order valence-electron chi connectivity index (χ3n) is 4.63. The molecule has 1 aliphatic carbocycles. The molecule has 2 aromatic heterocycles. The summed E-state index contributed by atoms with van der Waals surface area (Å²) in [5, 5.41) is 4.55. The minimum Gasteiger partial charge on any atom is -0.481 e. The van der Waals surface area contributed by atoms with E-state index in [4.69, 9.17) is 4.74 Å². The van der Waals surface area contributed by atoms with E-state index in [1.807, 2.05) is 31.2 Å². The van der Waals surface area contributed by atoms with Gasteiger partial charge >= 0.3 is 0 Å². The van der Waals surface area contributed by atoms with Crippen molar-refractivity contribution in [2.75, 3.05) is 12.4 Å². The lowest BCUT2D eigenvalue weighted by atomic mass is 9.99. The van der Waals surface area contributed by atoms with Gasteiger partial charge in [-0.1, -0.05) is 12.1 Å². The number of aryl methyl sites for hydroxylation is 1. The molecule has 1 aliphatic rings. The number of carbonyl (C=O) groups is 1. The first-order chi connectivity index (χ1) is 12.6. The van der Waals surface area contributed by atoms with Gasteiger partial charge in [-0.05, 0) is 48.1 Å². The first-order valence-electron chi connectivity index (χ1n) is 8.41. The second-order valence-electron chi connectivity index (χ2n) is 6.49. The smallest absolute Gasteiger partial charge is 0.231 e. The van der Waals surface area contributed by atoms with Gasteiger partial charge in [0.25, 0.3) is 0 Å². The maximum absolute atomic E-state index is 13.0. The molecule has 0 radical (unpaired) electrons. The molecule has 3 aromatic rings. The minimum absolute atomic E-state index is 0.301. The molecule has 1 amide bonds. The number of rotatable bonds is 4. The van der Waals surface area contributed by atoms with Crippen LogP contribution in [0.3, 0.4) is 0 Å². The van der Waals surface area contributed by atoms with Gasteiger partial charge in [-0.2, -0.15) is 0 Å². The number of carbonyl (C=O) groups excluding carboxylic acids is 1. The van der Waals surface area contributed by atoms with Crippen LogP contribution in [0.1, 0.15) is 12.0 Å². The number of halogens is 1. The van der Waals surface area contributed by atoms with E-state index in [-0.39, 0.29) is 5.91 Å². The van der Waals surface area contributed by atoms with Crippen LogP contribution in [0.5, 0.6) is 5.88 Å². The van der Waals surface area contributed by atoms with E-state index in [0.29, 0.717) is 18.1 Å². The van der Waals surface area contributed by atoms with E-state index >= 15 is 0 Å². The van der Waals surface area contributed by atoms with Gasteiger partial charge in [-0.3, -0.25) is 4.79 Å². The molecule has 0 spiro atoms. The van der Waals surface area contributed by atoms with Crippen molar-refractivity contribution in [1.82, 2.24) is 9.97 Å². The van der Waals surface area contributed by atoms with Crippen LogP contribution in [0.25, 0.3) is 21.9 Å². The van der Waals surface area contributed by atoms with E-state index in [2.05, 4.69) is 15.3 Å². The Hall–Kier alpha value is -3.02. The van der Waals surface area contributed by atoms with Gasteiger partial charge in [-0.25, -0.2) is 14.4 Å². The fourth-order valence-corrected chi connectivity index (χ4v) is 3.06. The summed E-state index contributed by atoms with van der Waals surface area (Å²) >= 11 is 0. The van der Waals surface area contributed by atoms with Crippen molar-refractivity contribution >= 4 is 22.5 Å². The number of hydrogen-bond donors (Lipinski definition) is 1. The molecule has 1 N–H and O–H groups in total. The number of amides is 1. The Bertz CT molecular complexity index is 1010. The van der Waals surface area contributed by atoms with Crippen molar-refractivity contribution in [2.24, 2.45) is 5.92 Å². The van der Waals surface area contributed by atoms with Gasteiger partial charge in [0.15, 0.2) is 0 Å². The van der Waals surface area contributed by atoms with Crippen LogP contribution >= 0.6 is 0 Å². The molecule has 1 saturated carbocycles. The lowest BCUT2D eigenvalue weighted by Crippen LogP contribution is -2.15. The maximum atomic E-state index is 13.0.